The van der Waals surface area contributed by atoms with Gasteiger partial charge in [0.15, 0.2) is 0 Å². The van der Waals surface area contributed by atoms with E-state index in [1.807, 2.05) is 18.2 Å². The van der Waals surface area contributed by atoms with Gasteiger partial charge in [-0.15, -0.1) is 0 Å². The summed E-state index contributed by atoms with van der Waals surface area (Å²) in [7, 11) is 1.58. The summed E-state index contributed by atoms with van der Waals surface area (Å²) in [5.74, 6) is 0.386. The second-order valence-corrected chi connectivity index (χ2v) is 6.72. The fourth-order valence-electron chi connectivity index (χ4n) is 3.17. The first kappa shape index (κ1) is 20.4. The van der Waals surface area contributed by atoms with Gasteiger partial charge in [0.05, 0.1) is 25.6 Å². The van der Waals surface area contributed by atoms with Crippen molar-refractivity contribution in [1.82, 2.24) is 9.88 Å². The van der Waals surface area contributed by atoms with Crippen LogP contribution in [0.15, 0.2) is 42.6 Å². The van der Waals surface area contributed by atoms with Crippen LogP contribution in [0.4, 0.5) is 16.2 Å². The van der Waals surface area contributed by atoms with Crippen LogP contribution < -0.4 is 15.4 Å². The molecule has 8 nitrogen and oxygen atoms in total. The Hall–Kier alpha value is -3.29. The van der Waals surface area contributed by atoms with Crippen molar-refractivity contribution in [2.75, 3.05) is 37.4 Å². The van der Waals surface area contributed by atoms with E-state index >= 15 is 0 Å². The summed E-state index contributed by atoms with van der Waals surface area (Å²) in [6.07, 6.45) is 3.06. The SMILES string of the molecule is CCOC(=O)N1CCC(Nc2ccc(C(=O)Nc3cccc(OC)c3)nc2)CC1. The fraction of sp³-hybridized carbons (Fsp3) is 0.381. The molecule has 1 saturated heterocycles. The number of pyridine rings is 1. The minimum atomic E-state index is -0.285. The van der Waals surface area contributed by atoms with Gasteiger partial charge in [-0.2, -0.15) is 0 Å². The third-order valence-electron chi connectivity index (χ3n) is 4.72. The van der Waals surface area contributed by atoms with Crippen molar-refractivity contribution in [3.05, 3.63) is 48.3 Å². The molecule has 1 aliphatic rings. The van der Waals surface area contributed by atoms with Crippen molar-refractivity contribution in [3.63, 3.8) is 0 Å². The number of piperidine rings is 1. The molecule has 0 aliphatic carbocycles. The quantitative estimate of drug-likeness (QED) is 0.775. The Kier molecular flexibility index (Phi) is 6.89. The van der Waals surface area contributed by atoms with Crippen LogP contribution in [0.5, 0.6) is 5.75 Å². The van der Waals surface area contributed by atoms with Gasteiger partial charge in [-0.25, -0.2) is 9.78 Å². The summed E-state index contributed by atoms with van der Waals surface area (Å²) in [6, 6.07) is 10.9. The van der Waals surface area contributed by atoms with E-state index in [-0.39, 0.29) is 18.0 Å². The molecule has 2 amide bonds. The van der Waals surface area contributed by atoms with E-state index in [1.54, 1.807) is 43.3 Å². The number of ether oxygens (including phenoxy) is 2. The van der Waals surface area contributed by atoms with Crippen LogP contribution in [-0.4, -0.2) is 54.7 Å². The van der Waals surface area contributed by atoms with E-state index < -0.39 is 0 Å². The zero-order valence-electron chi connectivity index (χ0n) is 16.7. The number of rotatable bonds is 6. The lowest BCUT2D eigenvalue weighted by Crippen LogP contribution is -2.42. The van der Waals surface area contributed by atoms with Gasteiger partial charge < -0.3 is 25.0 Å². The highest BCUT2D eigenvalue weighted by Gasteiger charge is 2.23. The van der Waals surface area contributed by atoms with E-state index in [2.05, 4.69) is 15.6 Å². The molecule has 2 N–H and O–H groups in total. The monoisotopic (exact) mass is 398 g/mol. The zero-order chi connectivity index (χ0) is 20.6. The molecule has 0 spiro atoms. The number of hydrogen-bond acceptors (Lipinski definition) is 6. The molecule has 154 valence electrons. The first-order valence-electron chi connectivity index (χ1n) is 9.68. The average molecular weight is 398 g/mol. The first-order chi connectivity index (χ1) is 14.1. The maximum absolute atomic E-state index is 12.4. The largest absolute Gasteiger partial charge is 0.497 e. The van der Waals surface area contributed by atoms with Crippen molar-refractivity contribution in [1.29, 1.82) is 0 Å². The summed E-state index contributed by atoms with van der Waals surface area (Å²) >= 11 is 0. The van der Waals surface area contributed by atoms with E-state index in [0.29, 0.717) is 36.8 Å². The predicted octanol–water partition coefficient (Wildman–Crippen LogP) is 3.38. The summed E-state index contributed by atoms with van der Waals surface area (Å²) < 4.78 is 10.2. The predicted molar refractivity (Wildman–Crippen MR) is 110 cm³/mol. The number of carbonyl (C=O) groups excluding carboxylic acids is 2. The molecule has 1 aromatic heterocycles. The highest BCUT2D eigenvalue weighted by Crippen LogP contribution is 2.19. The number of aromatic nitrogens is 1. The summed E-state index contributed by atoms with van der Waals surface area (Å²) in [5, 5.41) is 6.22. The van der Waals surface area contributed by atoms with E-state index in [4.69, 9.17) is 9.47 Å². The molecule has 0 atom stereocenters. The van der Waals surface area contributed by atoms with E-state index in [0.717, 1.165) is 18.5 Å². The van der Waals surface area contributed by atoms with Gasteiger partial charge in [-0.1, -0.05) is 6.07 Å². The van der Waals surface area contributed by atoms with Crippen molar-refractivity contribution in [2.24, 2.45) is 0 Å². The second-order valence-electron chi connectivity index (χ2n) is 6.72. The Morgan fingerprint density at radius 3 is 2.62 bits per heavy atom. The van der Waals surface area contributed by atoms with Crippen molar-refractivity contribution in [3.8, 4) is 5.75 Å². The topological polar surface area (TPSA) is 92.8 Å². The molecule has 0 saturated carbocycles. The third kappa shape index (κ3) is 5.60. The van der Waals surface area contributed by atoms with Gasteiger partial charge in [-0.05, 0) is 44.0 Å². The standard InChI is InChI=1S/C21H26N4O4/c1-3-29-21(27)25-11-9-15(10-12-25)23-17-7-8-19(22-14-17)20(26)24-16-5-4-6-18(13-16)28-2/h4-8,13-15,23H,3,9-12H2,1-2H3,(H,24,26). The molecule has 2 heterocycles. The van der Waals surface area contributed by atoms with Gasteiger partial charge in [-0.3, -0.25) is 4.79 Å². The molecule has 1 fully saturated rings. The summed E-state index contributed by atoms with van der Waals surface area (Å²) in [5.41, 5.74) is 1.82. The number of hydrogen-bond donors (Lipinski definition) is 2. The van der Waals surface area contributed by atoms with Crippen molar-refractivity contribution in [2.45, 2.75) is 25.8 Å². The number of nitrogens with zero attached hydrogens (tertiary/aromatic N) is 2. The number of nitrogens with one attached hydrogen (secondary N) is 2. The molecule has 3 rings (SSSR count). The van der Waals surface area contributed by atoms with Gasteiger partial charge in [0, 0.05) is 30.9 Å². The molecule has 0 radical (unpaired) electrons. The molecule has 0 bridgehead atoms. The van der Waals surface area contributed by atoms with Crippen molar-refractivity contribution < 1.29 is 19.1 Å². The van der Waals surface area contributed by atoms with Crippen LogP contribution in [0.1, 0.15) is 30.3 Å². The molecule has 1 aromatic carbocycles. The van der Waals surface area contributed by atoms with Crippen LogP contribution >= 0.6 is 0 Å². The van der Waals surface area contributed by atoms with Crippen molar-refractivity contribution >= 4 is 23.4 Å². The summed E-state index contributed by atoms with van der Waals surface area (Å²) in [6.45, 7) is 3.51. The average Bonchev–Trinajstić information content (AvgIpc) is 2.75. The molecule has 2 aromatic rings. The Balaban J connectivity index is 1.51. The van der Waals surface area contributed by atoms with Gasteiger partial charge >= 0.3 is 6.09 Å². The maximum atomic E-state index is 12.4. The van der Waals surface area contributed by atoms with Crippen LogP contribution in [-0.2, 0) is 4.74 Å². The number of carbonyl (C=O) groups is 2. The number of likely N-dealkylation sites (tertiary alicyclic amines) is 1. The third-order valence-corrected chi connectivity index (χ3v) is 4.72. The Bertz CT molecular complexity index is 833. The van der Waals surface area contributed by atoms with E-state index in [1.165, 1.54) is 0 Å². The molecule has 8 heteroatoms. The number of methoxy groups -OCH3 is 1. The highest BCUT2D eigenvalue weighted by atomic mass is 16.6. The lowest BCUT2D eigenvalue weighted by molar-refractivity contribution is 0.0982. The van der Waals surface area contributed by atoms with Crippen LogP contribution in [0.2, 0.25) is 0 Å². The van der Waals surface area contributed by atoms with E-state index in [9.17, 15) is 9.59 Å². The fourth-order valence-corrected chi connectivity index (χ4v) is 3.17. The van der Waals surface area contributed by atoms with Gasteiger partial charge in [0.1, 0.15) is 11.4 Å². The Morgan fingerprint density at radius 1 is 1.17 bits per heavy atom. The van der Waals surface area contributed by atoms with Gasteiger partial charge in [0.2, 0.25) is 0 Å². The number of anilines is 2. The lowest BCUT2D eigenvalue weighted by Gasteiger charge is -2.32. The normalized spacial score (nSPS) is 14.2. The lowest BCUT2D eigenvalue weighted by atomic mass is 10.1. The van der Waals surface area contributed by atoms with Crippen LogP contribution in [0.3, 0.4) is 0 Å². The number of amides is 2. The number of benzene rings is 1. The highest BCUT2D eigenvalue weighted by molar-refractivity contribution is 6.03. The zero-order valence-corrected chi connectivity index (χ0v) is 16.7. The minimum absolute atomic E-state index is 0.249. The first-order valence-corrected chi connectivity index (χ1v) is 9.68. The minimum Gasteiger partial charge on any atom is -0.497 e. The molecular weight excluding hydrogens is 372 g/mol. The molecule has 0 unspecified atom stereocenters. The summed E-state index contributed by atoms with van der Waals surface area (Å²) in [4.78, 5) is 30.1. The van der Waals surface area contributed by atoms with Gasteiger partial charge in [0.25, 0.3) is 5.91 Å². The van der Waals surface area contributed by atoms with Crippen LogP contribution in [0.25, 0.3) is 0 Å². The molecular formula is C21H26N4O4. The second kappa shape index (κ2) is 9.77. The van der Waals surface area contributed by atoms with Crippen LogP contribution in [0, 0.1) is 0 Å². The molecule has 1 aliphatic heterocycles. The maximum Gasteiger partial charge on any atom is 0.409 e. The Labute approximate surface area is 170 Å². The Morgan fingerprint density at radius 2 is 1.97 bits per heavy atom. The smallest absolute Gasteiger partial charge is 0.409 e. The molecule has 29 heavy (non-hydrogen) atoms.